The highest BCUT2D eigenvalue weighted by Crippen LogP contribution is 2.37. The van der Waals surface area contributed by atoms with Gasteiger partial charge in [-0.3, -0.25) is 4.55 Å². The fourth-order valence-electron chi connectivity index (χ4n) is 2.78. The molecule has 21 heavy (non-hydrogen) atoms. The van der Waals surface area contributed by atoms with Crippen LogP contribution in [0.15, 0.2) is 24.3 Å². The van der Waals surface area contributed by atoms with Gasteiger partial charge in [-0.2, -0.15) is 12.3 Å². The van der Waals surface area contributed by atoms with Gasteiger partial charge in [0.15, 0.2) is 5.69 Å². The largest absolute Gasteiger partial charge is 0.437 e. The minimum Gasteiger partial charge on any atom is -0.286 e. The van der Waals surface area contributed by atoms with Gasteiger partial charge in [-0.1, -0.05) is 18.2 Å². The lowest BCUT2D eigenvalue weighted by Crippen LogP contribution is -2.53. The van der Waals surface area contributed by atoms with Crippen LogP contribution in [0.3, 0.4) is 0 Å². The number of fused-ring (bicyclic) bond motifs is 1. The summed E-state index contributed by atoms with van der Waals surface area (Å²) in [5.41, 5.74) is 1.40. The van der Waals surface area contributed by atoms with E-state index in [0.717, 1.165) is 5.56 Å². The van der Waals surface area contributed by atoms with Crippen LogP contribution in [0.1, 0.15) is 18.4 Å². The number of hydrogen-bond acceptors (Lipinski definition) is 4. The Bertz CT molecular complexity index is 728. The fourth-order valence-corrected chi connectivity index (χ4v) is 4.46. The molecular formula is C12H18NO6S2+. The van der Waals surface area contributed by atoms with Crippen LogP contribution in [0.2, 0.25) is 0 Å². The maximum Gasteiger partial charge on any atom is 0.437 e. The Kier molecular flexibility index (Phi) is 4.41. The van der Waals surface area contributed by atoms with Crippen molar-refractivity contribution in [3.8, 4) is 0 Å². The van der Waals surface area contributed by atoms with Crippen molar-refractivity contribution < 1.29 is 25.9 Å². The summed E-state index contributed by atoms with van der Waals surface area (Å²) in [5, 5.41) is 0. The summed E-state index contributed by atoms with van der Waals surface area (Å²) in [6, 6.07) is 7.00. The van der Waals surface area contributed by atoms with Gasteiger partial charge in [0.1, 0.15) is 13.1 Å². The zero-order chi connectivity index (χ0) is 15.7. The summed E-state index contributed by atoms with van der Waals surface area (Å²) in [6.07, 6.45) is 0.929. The number of rotatable bonds is 6. The van der Waals surface area contributed by atoms with Crippen LogP contribution in [0.5, 0.6) is 0 Å². The third-order valence-corrected chi connectivity index (χ3v) is 6.04. The summed E-state index contributed by atoms with van der Waals surface area (Å²) in [6.45, 7) is 0.301. The fraction of sp³-hybridized carbons (Fsp3) is 0.500. The van der Waals surface area contributed by atoms with Gasteiger partial charge in [0.25, 0.3) is 10.1 Å². The van der Waals surface area contributed by atoms with Gasteiger partial charge in [0.2, 0.25) is 0 Å². The first-order valence-electron chi connectivity index (χ1n) is 6.54. The smallest absolute Gasteiger partial charge is 0.286 e. The monoisotopic (exact) mass is 336 g/mol. The van der Waals surface area contributed by atoms with Gasteiger partial charge in [-0.25, -0.2) is 4.55 Å². The Balaban J connectivity index is 2.22. The number of nitrogens with zero attached hydrogens (tertiary/aromatic N) is 1. The van der Waals surface area contributed by atoms with Crippen LogP contribution in [-0.2, 0) is 26.8 Å². The topological polar surface area (TPSA) is 109 Å². The van der Waals surface area contributed by atoms with Crippen LogP contribution >= 0.6 is 0 Å². The molecule has 2 rings (SSSR count). The van der Waals surface area contributed by atoms with E-state index in [0.29, 0.717) is 12.1 Å². The third kappa shape index (κ3) is 3.43. The van der Waals surface area contributed by atoms with Crippen molar-refractivity contribution >= 4 is 26.1 Å². The molecule has 1 aromatic carbocycles. The first-order chi connectivity index (χ1) is 9.66. The Morgan fingerprint density at radius 2 is 1.71 bits per heavy atom. The van der Waals surface area contributed by atoms with Crippen LogP contribution in [0.4, 0.5) is 5.69 Å². The Labute approximate surface area is 124 Å². The summed E-state index contributed by atoms with van der Waals surface area (Å²) in [5.74, 6) is -0.417. The molecule has 1 atom stereocenters. The Hall–Kier alpha value is -1.00. The van der Waals surface area contributed by atoms with E-state index in [1.807, 2.05) is 6.07 Å². The third-order valence-electron chi connectivity index (χ3n) is 3.79. The quantitative estimate of drug-likeness (QED) is 0.456. The second-order valence-electron chi connectivity index (χ2n) is 5.16. The molecule has 1 unspecified atom stereocenters. The van der Waals surface area contributed by atoms with E-state index >= 15 is 0 Å². The number of unbranched alkanes of at least 4 members (excludes halogenated alkanes) is 1. The number of quaternary nitrogens is 1. The van der Waals surface area contributed by atoms with Gasteiger partial charge in [-0.05, 0) is 12.8 Å². The lowest BCUT2D eigenvalue weighted by molar-refractivity contribution is 0.358. The van der Waals surface area contributed by atoms with Crippen molar-refractivity contribution in [2.75, 3.05) is 18.8 Å². The predicted molar refractivity (Wildman–Crippen MR) is 78.9 cm³/mol. The second kappa shape index (κ2) is 5.65. The average molecular weight is 336 g/mol. The summed E-state index contributed by atoms with van der Waals surface area (Å²) < 4.78 is 62.9. The van der Waals surface area contributed by atoms with Gasteiger partial charge in [0.05, 0.1) is 5.75 Å². The molecule has 1 aliphatic rings. The molecule has 0 aliphatic carbocycles. The SMILES string of the molecule is O=S(=O)(O)CCCC[N+]1(S(=O)(=O)O)CCc2ccccc21. The first-order valence-corrected chi connectivity index (χ1v) is 9.55. The van der Waals surface area contributed by atoms with Crippen LogP contribution < -0.4 is 3.89 Å². The molecule has 0 saturated carbocycles. The molecule has 1 heterocycles. The van der Waals surface area contributed by atoms with Crippen LogP contribution in [0, 0.1) is 0 Å². The van der Waals surface area contributed by atoms with Gasteiger partial charge >= 0.3 is 10.3 Å². The van der Waals surface area contributed by atoms with E-state index in [2.05, 4.69) is 0 Å². The zero-order valence-corrected chi connectivity index (χ0v) is 13.0. The summed E-state index contributed by atoms with van der Waals surface area (Å²) >= 11 is 0. The van der Waals surface area contributed by atoms with Crippen molar-refractivity contribution in [1.82, 2.24) is 3.89 Å². The first kappa shape index (κ1) is 16.4. The standard InChI is InChI=1S/C12H17NO6S2/c14-20(15,16)10-4-3-8-13(21(17,18)19)9-7-11-5-1-2-6-12(11)13/h1-2,5-6H,3-4,7-10H2,(H-,14,15,16,17,18,19)/p+1. The minimum atomic E-state index is -4.37. The van der Waals surface area contributed by atoms with Crippen LogP contribution in [-0.4, -0.2) is 44.8 Å². The van der Waals surface area contributed by atoms with Crippen molar-refractivity contribution in [3.63, 3.8) is 0 Å². The van der Waals surface area contributed by atoms with Gasteiger partial charge in [0, 0.05) is 18.1 Å². The molecule has 0 spiro atoms. The molecule has 0 radical (unpaired) electrons. The lowest BCUT2D eigenvalue weighted by atomic mass is 10.2. The highest BCUT2D eigenvalue weighted by Gasteiger charge is 2.48. The molecule has 0 bridgehead atoms. The molecule has 2 N–H and O–H groups in total. The van der Waals surface area contributed by atoms with E-state index in [9.17, 15) is 21.4 Å². The molecule has 0 aromatic heterocycles. The van der Waals surface area contributed by atoms with E-state index in [1.165, 1.54) is 0 Å². The molecule has 9 heteroatoms. The number of hydrogen-bond donors (Lipinski definition) is 2. The maximum atomic E-state index is 11.9. The molecule has 1 aromatic rings. The van der Waals surface area contributed by atoms with E-state index in [1.54, 1.807) is 18.2 Å². The molecule has 1 aliphatic heterocycles. The highest BCUT2D eigenvalue weighted by atomic mass is 32.2. The minimum absolute atomic E-state index is 0.0748. The normalized spacial score (nSPS) is 22.2. The Morgan fingerprint density at radius 1 is 1.05 bits per heavy atom. The van der Waals surface area contributed by atoms with Crippen molar-refractivity contribution in [1.29, 1.82) is 0 Å². The number of benzene rings is 1. The summed E-state index contributed by atoms with van der Waals surface area (Å²) in [4.78, 5) is 0. The molecule has 7 nitrogen and oxygen atoms in total. The van der Waals surface area contributed by atoms with E-state index in [4.69, 9.17) is 4.55 Å². The molecule has 0 amide bonds. The van der Waals surface area contributed by atoms with Crippen molar-refractivity contribution in [2.45, 2.75) is 19.3 Å². The van der Waals surface area contributed by atoms with Gasteiger partial charge in [-0.15, -0.1) is 8.42 Å². The maximum absolute atomic E-state index is 11.9. The van der Waals surface area contributed by atoms with E-state index < -0.39 is 30.1 Å². The molecular weight excluding hydrogens is 318 g/mol. The molecule has 0 fully saturated rings. The van der Waals surface area contributed by atoms with Crippen molar-refractivity contribution in [3.05, 3.63) is 29.8 Å². The van der Waals surface area contributed by atoms with Gasteiger partial charge < -0.3 is 0 Å². The summed E-state index contributed by atoms with van der Waals surface area (Å²) in [7, 11) is -8.42. The van der Waals surface area contributed by atoms with Crippen molar-refractivity contribution in [2.24, 2.45) is 0 Å². The average Bonchev–Trinajstić information content (AvgIpc) is 2.73. The zero-order valence-electron chi connectivity index (χ0n) is 11.3. The highest BCUT2D eigenvalue weighted by molar-refractivity contribution is 7.85. The Morgan fingerprint density at radius 3 is 2.33 bits per heavy atom. The predicted octanol–water partition coefficient (Wildman–Crippen LogP) is 1.02. The molecule has 0 saturated heterocycles. The second-order valence-corrected chi connectivity index (χ2v) is 8.32. The number of para-hydroxylation sites is 1. The van der Waals surface area contributed by atoms with E-state index in [-0.39, 0.29) is 25.9 Å². The van der Waals surface area contributed by atoms with Crippen LogP contribution in [0.25, 0.3) is 0 Å². The lowest BCUT2D eigenvalue weighted by Gasteiger charge is -2.29. The molecule has 118 valence electrons.